The number of ether oxygens (including phenoxy) is 1. The average Bonchev–Trinajstić information content (AvgIpc) is 2.39. The minimum absolute atomic E-state index is 0.889. The van der Waals surface area contributed by atoms with Gasteiger partial charge in [-0.05, 0) is 13.8 Å². The van der Waals surface area contributed by atoms with Crippen LogP contribution < -0.4 is 4.74 Å². The van der Waals surface area contributed by atoms with Crippen LogP contribution in [0.5, 0.6) is 5.75 Å². The minimum atomic E-state index is 0.889. The largest absolute Gasteiger partial charge is 0.492 e. The van der Waals surface area contributed by atoms with Crippen LogP contribution in [0.1, 0.15) is 15.3 Å². The van der Waals surface area contributed by atoms with E-state index in [0.717, 1.165) is 13.0 Å². The van der Waals surface area contributed by atoms with Gasteiger partial charge >= 0.3 is 0 Å². The Morgan fingerprint density at radius 2 is 2.10 bits per heavy atom. The maximum atomic E-state index is 5.46. The molecule has 1 aromatic rings. The first-order chi connectivity index (χ1) is 4.79. The summed E-state index contributed by atoms with van der Waals surface area (Å²) in [5.74, 6) is 1.17. The zero-order chi connectivity index (χ0) is 7.14. The molecule has 2 rings (SSSR count). The summed E-state index contributed by atoms with van der Waals surface area (Å²) in [5.41, 5.74) is 1.45. The molecule has 0 radical (unpaired) electrons. The van der Waals surface area contributed by atoms with Crippen LogP contribution in [0.4, 0.5) is 0 Å². The van der Waals surface area contributed by atoms with E-state index in [-0.39, 0.29) is 0 Å². The Morgan fingerprint density at radius 1 is 1.30 bits per heavy atom. The molecule has 0 spiro atoms. The highest BCUT2D eigenvalue weighted by atomic mass is 32.1. The molecule has 54 valence electrons. The summed E-state index contributed by atoms with van der Waals surface area (Å²) in [4.78, 5) is 2.77. The Bertz CT molecular complexity index is 238. The van der Waals surface area contributed by atoms with Crippen LogP contribution in [0.25, 0.3) is 0 Å². The normalized spacial score (nSPS) is 15.0. The number of fused-ring (bicyclic) bond motifs is 1. The summed E-state index contributed by atoms with van der Waals surface area (Å²) < 4.78 is 5.46. The lowest BCUT2D eigenvalue weighted by Crippen LogP contribution is -1.88. The van der Waals surface area contributed by atoms with Crippen LogP contribution in [0.15, 0.2) is 0 Å². The van der Waals surface area contributed by atoms with Gasteiger partial charge in [0, 0.05) is 21.7 Å². The van der Waals surface area contributed by atoms with E-state index in [2.05, 4.69) is 13.8 Å². The summed E-state index contributed by atoms with van der Waals surface area (Å²) in [5, 5.41) is 0. The number of thiophene rings is 1. The molecule has 2 heterocycles. The number of hydrogen-bond acceptors (Lipinski definition) is 2. The molecular formula is C8H10OS. The summed E-state index contributed by atoms with van der Waals surface area (Å²) >= 11 is 1.85. The average molecular weight is 154 g/mol. The van der Waals surface area contributed by atoms with E-state index in [1.54, 1.807) is 0 Å². The highest BCUT2D eigenvalue weighted by molar-refractivity contribution is 7.12. The number of aryl methyl sites for hydroxylation is 2. The van der Waals surface area contributed by atoms with Crippen LogP contribution in [0.3, 0.4) is 0 Å². The second-order valence-corrected chi connectivity index (χ2v) is 4.05. The molecule has 2 heteroatoms. The predicted octanol–water partition coefficient (Wildman–Crippen LogP) is 2.30. The lowest BCUT2D eigenvalue weighted by Gasteiger charge is -1.92. The van der Waals surface area contributed by atoms with Crippen molar-refractivity contribution in [3.05, 3.63) is 15.3 Å². The Morgan fingerprint density at radius 3 is 2.80 bits per heavy atom. The van der Waals surface area contributed by atoms with Crippen molar-refractivity contribution >= 4 is 11.3 Å². The smallest absolute Gasteiger partial charge is 0.136 e. The minimum Gasteiger partial charge on any atom is -0.492 e. The molecule has 0 aliphatic carbocycles. The lowest BCUT2D eigenvalue weighted by molar-refractivity contribution is 0.355. The van der Waals surface area contributed by atoms with Gasteiger partial charge < -0.3 is 4.74 Å². The molecule has 0 amide bonds. The SMILES string of the molecule is Cc1sc(C)c2c1CCO2. The van der Waals surface area contributed by atoms with Gasteiger partial charge in [0.05, 0.1) is 6.61 Å². The molecule has 1 aliphatic heterocycles. The molecule has 0 atom stereocenters. The maximum Gasteiger partial charge on any atom is 0.136 e. The second-order valence-electron chi connectivity index (χ2n) is 2.62. The van der Waals surface area contributed by atoms with Crippen LogP contribution >= 0.6 is 11.3 Å². The van der Waals surface area contributed by atoms with Crippen LogP contribution in [0, 0.1) is 13.8 Å². The summed E-state index contributed by atoms with van der Waals surface area (Å²) in [6.07, 6.45) is 1.12. The Balaban J connectivity index is 2.61. The summed E-state index contributed by atoms with van der Waals surface area (Å²) in [7, 11) is 0. The molecule has 0 bridgehead atoms. The van der Waals surface area contributed by atoms with E-state index >= 15 is 0 Å². The number of hydrogen-bond donors (Lipinski definition) is 0. The van der Waals surface area contributed by atoms with Crippen molar-refractivity contribution in [1.82, 2.24) is 0 Å². The van der Waals surface area contributed by atoms with Gasteiger partial charge in [-0.1, -0.05) is 0 Å². The van der Waals surface area contributed by atoms with E-state index in [4.69, 9.17) is 4.74 Å². The molecule has 10 heavy (non-hydrogen) atoms. The quantitative estimate of drug-likeness (QED) is 0.557. The first-order valence-corrected chi connectivity index (χ1v) is 4.32. The van der Waals surface area contributed by atoms with Crippen molar-refractivity contribution in [3.8, 4) is 5.75 Å². The third-order valence-corrected chi connectivity index (χ3v) is 2.97. The Kier molecular flexibility index (Phi) is 1.24. The van der Waals surface area contributed by atoms with E-state index in [1.807, 2.05) is 11.3 Å². The molecule has 0 aromatic carbocycles. The lowest BCUT2D eigenvalue weighted by atomic mass is 10.2. The van der Waals surface area contributed by atoms with Gasteiger partial charge in [0.1, 0.15) is 5.75 Å². The van der Waals surface area contributed by atoms with E-state index in [9.17, 15) is 0 Å². The molecule has 1 nitrogen and oxygen atoms in total. The van der Waals surface area contributed by atoms with Gasteiger partial charge in [0.15, 0.2) is 0 Å². The van der Waals surface area contributed by atoms with E-state index < -0.39 is 0 Å². The first kappa shape index (κ1) is 6.23. The van der Waals surface area contributed by atoms with Crippen molar-refractivity contribution in [2.45, 2.75) is 20.3 Å². The number of rotatable bonds is 0. The molecule has 0 saturated carbocycles. The highest BCUT2D eigenvalue weighted by Gasteiger charge is 2.19. The fraction of sp³-hybridized carbons (Fsp3) is 0.500. The third-order valence-electron chi connectivity index (χ3n) is 1.92. The fourth-order valence-electron chi connectivity index (χ4n) is 1.44. The van der Waals surface area contributed by atoms with Gasteiger partial charge in [0.25, 0.3) is 0 Å². The third kappa shape index (κ3) is 0.686. The molecule has 0 saturated heterocycles. The monoisotopic (exact) mass is 154 g/mol. The van der Waals surface area contributed by atoms with Gasteiger partial charge in [0.2, 0.25) is 0 Å². The van der Waals surface area contributed by atoms with E-state index in [0.29, 0.717) is 0 Å². The van der Waals surface area contributed by atoms with Gasteiger partial charge in [-0.25, -0.2) is 0 Å². The van der Waals surface area contributed by atoms with Crippen molar-refractivity contribution < 1.29 is 4.74 Å². The van der Waals surface area contributed by atoms with Crippen molar-refractivity contribution in [2.24, 2.45) is 0 Å². The first-order valence-electron chi connectivity index (χ1n) is 3.50. The predicted molar refractivity (Wildman–Crippen MR) is 43.0 cm³/mol. The zero-order valence-corrected chi connectivity index (χ0v) is 7.05. The standard InChI is InChI=1S/C8H10OS/c1-5-7-3-4-9-8(7)6(2)10-5/h3-4H2,1-2H3. The van der Waals surface area contributed by atoms with Gasteiger partial charge in [-0.3, -0.25) is 0 Å². The summed E-state index contributed by atoms with van der Waals surface area (Å²) in [6.45, 7) is 5.19. The fourth-order valence-corrected chi connectivity index (χ4v) is 2.50. The zero-order valence-electron chi connectivity index (χ0n) is 6.23. The van der Waals surface area contributed by atoms with Crippen molar-refractivity contribution in [2.75, 3.05) is 6.61 Å². The summed E-state index contributed by atoms with van der Waals surface area (Å²) in [6, 6.07) is 0. The molecule has 1 aliphatic rings. The Labute approximate surface area is 64.6 Å². The van der Waals surface area contributed by atoms with Gasteiger partial charge in [-0.15, -0.1) is 11.3 Å². The van der Waals surface area contributed by atoms with Crippen molar-refractivity contribution in [1.29, 1.82) is 0 Å². The van der Waals surface area contributed by atoms with Crippen molar-refractivity contribution in [3.63, 3.8) is 0 Å². The second kappa shape index (κ2) is 1.99. The van der Waals surface area contributed by atoms with Crippen LogP contribution in [0.2, 0.25) is 0 Å². The van der Waals surface area contributed by atoms with Crippen LogP contribution in [-0.4, -0.2) is 6.61 Å². The molecule has 1 aromatic heterocycles. The topological polar surface area (TPSA) is 9.23 Å². The molecular weight excluding hydrogens is 144 g/mol. The molecule has 0 unspecified atom stereocenters. The van der Waals surface area contributed by atoms with E-state index in [1.165, 1.54) is 21.1 Å². The van der Waals surface area contributed by atoms with Gasteiger partial charge in [-0.2, -0.15) is 0 Å². The van der Waals surface area contributed by atoms with Crippen LogP contribution in [-0.2, 0) is 6.42 Å². The Hall–Kier alpha value is -0.500. The highest BCUT2D eigenvalue weighted by Crippen LogP contribution is 2.37. The molecule has 0 N–H and O–H groups in total. The molecule has 0 fully saturated rings. The maximum absolute atomic E-state index is 5.46.